The summed E-state index contributed by atoms with van der Waals surface area (Å²) in [6, 6.07) is -0.00164. The van der Waals surface area contributed by atoms with E-state index in [0.29, 0.717) is 11.8 Å². The van der Waals surface area contributed by atoms with Crippen LogP contribution in [-0.4, -0.2) is 61.5 Å². The molecule has 1 atom stereocenters. The predicted octanol–water partition coefficient (Wildman–Crippen LogP) is 1.95. The molecule has 0 aromatic rings. The summed E-state index contributed by atoms with van der Waals surface area (Å²) in [4.78, 5) is 17.4. The molecule has 2 aliphatic rings. The molecule has 122 valence electrons. The van der Waals surface area contributed by atoms with Gasteiger partial charge in [0, 0.05) is 13.1 Å². The second-order valence-corrected chi connectivity index (χ2v) is 7.62. The van der Waals surface area contributed by atoms with Crippen LogP contribution in [0, 0.1) is 11.3 Å². The molecule has 0 spiro atoms. The van der Waals surface area contributed by atoms with Gasteiger partial charge in [0.05, 0.1) is 6.04 Å². The summed E-state index contributed by atoms with van der Waals surface area (Å²) < 4.78 is 0. The topological polar surface area (TPSA) is 35.6 Å². The SMILES string of the molecule is CCN1CCC(CN2CCC(C)(C)CC(NC)C2=O)CC1. The van der Waals surface area contributed by atoms with Crippen LogP contribution in [0.15, 0.2) is 0 Å². The van der Waals surface area contributed by atoms with Gasteiger partial charge in [-0.15, -0.1) is 0 Å². The number of piperidine rings is 1. The van der Waals surface area contributed by atoms with Crippen molar-refractivity contribution in [3.8, 4) is 0 Å². The minimum atomic E-state index is -0.00164. The maximum absolute atomic E-state index is 12.7. The van der Waals surface area contributed by atoms with Crippen LogP contribution in [0.4, 0.5) is 0 Å². The summed E-state index contributed by atoms with van der Waals surface area (Å²) in [5, 5.41) is 3.23. The largest absolute Gasteiger partial charge is 0.341 e. The zero-order valence-corrected chi connectivity index (χ0v) is 14.3. The second kappa shape index (κ2) is 7.10. The Morgan fingerprint density at radius 2 is 1.90 bits per heavy atom. The van der Waals surface area contributed by atoms with E-state index in [1.54, 1.807) is 0 Å². The molecule has 0 saturated carbocycles. The minimum Gasteiger partial charge on any atom is -0.341 e. The van der Waals surface area contributed by atoms with Crippen molar-refractivity contribution in [2.24, 2.45) is 11.3 Å². The zero-order chi connectivity index (χ0) is 15.5. The molecule has 0 aromatic carbocycles. The van der Waals surface area contributed by atoms with E-state index >= 15 is 0 Å². The summed E-state index contributed by atoms with van der Waals surface area (Å²) in [6.07, 6.45) is 4.55. The Balaban J connectivity index is 1.94. The van der Waals surface area contributed by atoms with Gasteiger partial charge in [0.1, 0.15) is 0 Å². The molecule has 2 heterocycles. The number of likely N-dealkylation sites (tertiary alicyclic amines) is 2. The molecule has 2 fully saturated rings. The van der Waals surface area contributed by atoms with E-state index in [-0.39, 0.29) is 11.5 Å². The Hall–Kier alpha value is -0.610. The lowest BCUT2D eigenvalue weighted by molar-refractivity contribution is -0.133. The molecule has 0 aliphatic carbocycles. The molecule has 1 amide bonds. The average molecular weight is 295 g/mol. The van der Waals surface area contributed by atoms with Crippen LogP contribution < -0.4 is 5.32 Å². The Morgan fingerprint density at radius 3 is 2.48 bits per heavy atom. The molecular formula is C17H33N3O. The van der Waals surface area contributed by atoms with Crippen molar-refractivity contribution in [1.82, 2.24) is 15.1 Å². The molecule has 2 saturated heterocycles. The van der Waals surface area contributed by atoms with Gasteiger partial charge in [0.2, 0.25) is 5.91 Å². The van der Waals surface area contributed by atoms with Gasteiger partial charge in [-0.3, -0.25) is 4.79 Å². The van der Waals surface area contributed by atoms with Crippen LogP contribution in [0.2, 0.25) is 0 Å². The first-order valence-electron chi connectivity index (χ1n) is 8.63. The highest BCUT2D eigenvalue weighted by Crippen LogP contribution is 2.31. The Morgan fingerprint density at radius 1 is 1.24 bits per heavy atom. The van der Waals surface area contributed by atoms with Gasteiger partial charge in [-0.1, -0.05) is 20.8 Å². The molecule has 0 bridgehead atoms. The number of hydrogen-bond donors (Lipinski definition) is 1. The summed E-state index contributed by atoms with van der Waals surface area (Å²) in [5.74, 6) is 1.01. The van der Waals surface area contributed by atoms with Crippen LogP contribution >= 0.6 is 0 Å². The van der Waals surface area contributed by atoms with Crippen LogP contribution in [-0.2, 0) is 4.79 Å². The third-order valence-electron chi connectivity index (χ3n) is 5.41. The summed E-state index contributed by atoms with van der Waals surface area (Å²) in [6.45, 7) is 12.3. The van der Waals surface area contributed by atoms with E-state index in [2.05, 4.69) is 35.9 Å². The van der Waals surface area contributed by atoms with Gasteiger partial charge in [-0.2, -0.15) is 0 Å². The molecule has 4 nitrogen and oxygen atoms in total. The number of nitrogens with one attached hydrogen (secondary N) is 1. The quantitative estimate of drug-likeness (QED) is 0.861. The first-order valence-corrected chi connectivity index (χ1v) is 8.63. The Labute approximate surface area is 130 Å². The van der Waals surface area contributed by atoms with E-state index in [1.165, 1.54) is 25.9 Å². The van der Waals surface area contributed by atoms with Gasteiger partial charge in [0.15, 0.2) is 0 Å². The minimum absolute atomic E-state index is 0.00164. The molecule has 0 radical (unpaired) electrons. The van der Waals surface area contributed by atoms with Gasteiger partial charge >= 0.3 is 0 Å². The lowest BCUT2D eigenvalue weighted by atomic mass is 9.83. The van der Waals surface area contributed by atoms with Crippen LogP contribution in [0.1, 0.15) is 46.5 Å². The van der Waals surface area contributed by atoms with Crippen molar-refractivity contribution >= 4 is 5.91 Å². The highest BCUT2D eigenvalue weighted by Gasteiger charge is 2.35. The van der Waals surface area contributed by atoms with E-state index in [4.69, 9.17) is 0 Å². The van der Waals surface area contributed by atoms with Crippen molar-refractivity contribution < 1.29 is 4.79 Å². The fraction of sp³-hybridized carbons (Fsp3) is 0.941. The fourth-order valence-electron chi connectivity index (χ4n) is 3.71. The molecule has 2 rings (SSSR count). The third kappa shape index (κ3) is 4.43. The maximum Gasteiger partial charge on any atom is 0.239 e. The smallest absolute Gasteiger partial charge is 0.239 e. The van der Waals surface area contributed by atoms with Crippen molar-refractivity contribution in [2.45, 2.75) is 52.5 Å². The third-order valence-corrected chi connectivity index (χ3v) is 5.41. The number of hydrogen-bond acceptors (Lipinski definition) is 3. The standard InChI is InChI=1S/C17H33N3O/c1-5-19-9-6-14(7-10-19)13-20-11-8-17(2,3)12-15(18-4)16(20)21/h14-15,18H,5-13H2,1-4H3. The number of likely N-dealkylation sites (N-methyl/N-ethyl adjacent to an activating group) is 1. The lowest BCUT2D eigenvalue weighted by Crippen LogP contribution is -2.47. The first kappa shape index (κ1) is 16.8. The maximum atomic E-state index is 12.7. The van der Waals surface area contributed by atoms with Crippen molar-refractivity contribution in [3.63, 3.8) is 0 Å². The normalized spacial score (nSPS) is 28.7. The molecule has 4 heteroatoms. The predicted molar refractivity (Wildman–Crippen MR) is 87.3 cm³/mol. The van der Waals surface area contributed by atoms with E-state index in [1.807, 2.05) is 7.05 Å². The van der Waals surface area contributed by atoms with E-state index < -0.39 is 0 Å². The van der Waals surface area contributed by atoms with E-state index in [0.717, 1.165) is 32.5 Å². The molecule has 21 heavy (non-hydrogen) atoms. The number of nitrogens with zero attached hydrogens (tertiary/aromatic N) is 2. The molecule has 1 N–H and O–H groups in total. The monoisotopic (exact) mass is 295 g/mol. The molecule has 1 unspecified atom stereocenters. The van der Waals surface area contributed by atoms with Crippen LogP contribution in [0.5, 0.6) is 0 Å². The summed E-state index contributed by atoms with van der Waals surface area (Å²) in [7, 11) is 1.92. The van der Waals surface area contributed by atoms with Gasteiger partial charge in [-0.25, -0.2) is 0 Å². The zero-order valence-electron chi connectivity index (χ0n) is 14.3. The molecule has 0 aromatic heterocycles. The second-order valence-electron chi connectivity index (χ2n) is 7.62. The molecular weight excluding hydrogens is 262 g/mol. The highest BCUT2D eigenvalue weighted by atomic mass is 16.2. The van der Waals surface area contributed by atoms with Crippen molar-refractivity contribution in [1.29, 1.82) is 0 Å². The van der Waals surface area contributed by atoms with Gasteiger partial charge in [0.25, 0.3) is 0 Å². The number of amides is 1. The highest BCUT2D eigenvalue weighted by molar-refractivity contribution is 5.82. The summed E-state index contributed by atoms with van der Waals surface area (Å²) >= 11 is 0. The van der Waals surface area contributed by atoms with Crippen LogP contribution in [0.3, 0.4) is 0 Å². The summed E-state index contributed by atoms with van der Waals surface area (Å²) in [5.41, 5.74) is 0.254. The molecule has 2 aliphatic heterocycles. The first-order chi connectivity index (χ1) is 9.95. The van der Waals surface area contributed by atoms with E-state index in [9.17, 15) is 4.79 Å². The number of carbonyl (C=O) groups excluding carboxylic acids is 1. The fourth-order valence-corrected chi connectivity index (χ4v) is 3.71. The van der Waals surface area contributed by atoms with Crippen LogP contribution in [0.25, 0.3) is 0 Å². The Bertz CT molecular complexity index is 348. The van der Waals surface area contributed by atoms with Gasteiger partial charge < -0.3 is 15.1 Å². The number of carbonyl (C=O) groups is 1. The van der Waals surface area contributed by atoms with Crippen molar-refractivity contribution in [3.05, 3.63) is 0 Å². The average Bonchev–Trinajstić information content (AvgIpc) is 2.58. The van der Waals surface area contributed by atoms with Crippen molar-refractivity contribution in [2.75, 3.05) is 39.8 Å². The van der Waals surface area contributed by atoms with Gasteiger partial charge in [-0.05, 0) is 63.7 Å². The lowest BCUT2D eigenvalue weighted by Gasteiger charge is -2.34. The number of rotatable bonds is 4. The Kier molecular flexibility index (Phi) is 5.67.